The Bertz CT molecular complexity index is 503. The van der Waals surface area contributed by atoms with E-state index < -0.39 is 35.0 Å². The van der Waals surface area contributed by atoms with Crippen molar-refractivity contribution in [3.8, 4) is 11.3 Å². The first-order valence-electron chi connectivity index (χ1n) is 4.43. The van der Waals surface area contributed by atoms with Gasteiger partial charge in [-0.25, -0.2) is 0 Å². The lowest BCUT2D eigenvalue weighted by atomic mass is 10.1. The van der Waals surface area contributed by atoms with Gasteiger partial charge < -0.3 is 0 Å². The molecule has 2 rings (SSSR count). The van der Waals surface area contributed by atoms with E-state index in [0.29, 0.717) is 0 Å². The molecule has 0 fully saturated rings. The first-order chi connectivity index (χ1) is 8.21. The van der Waals surface area contributed by atoms with Crippen molar-refractivity contribution in [2.45, 2.75) is 12.4 Å². The van der Waals surface area contributed by atoms with Crippen LogP contribution in [0, 0.1) is 0 Å². The Balaban J connectivity index is 2.69. The molecule has 4 nitrogen and oxygen atoms in total. The molecule has 0 saturated heterocycles. The summed E-state index contributed by atoms with van der Waals surface area (Å²) in [5.74, 6) is 0. The standard InChI is InChI=1S/C8H4F6N4/c9-7(10,11)5-4(3-1-2-15-16-3)6(18-17-5)8(12,13)14/h1-2H,(H,15,16)(H,17,18). The van der Waals surface area contributed by atoms with E-state index >= 15 is 0 Å². The molecule has 0 aliphatic carbocycles. The van der Waals surface area contributed by atoms with Crippen LogP contribution in [0.1, 0.15) is 11.4 Å². The maximum absolute atomic E-state index is 12.6. The van der Waals surface area contributed by atoms with Crippen LogP contribution in [0.15, 0.2) is 12.3 Å². The Hall–Kier alpha value is -2.00. The lowest BCUT2D eigenvalue weighted by Crippen LogP contribution is -2.10. The van der Waals surface area contributed by atoms with Crippen LogP contribution in [0.2, 0.25) is 0 Å². The number of rotatable bonds is 1. The zero-order chi connectivity index (χ0) is 13.6. The average molecular weight is 270 g/mol. The van der Waals surface area contributed by atoms with Crippen molar-refractivity contribution in [3.63, 3.8) is 0 Å². The maximum atomic E-state index is 12.6. The summed E-state index contributed by atoms with van der Waals surface area (Å²) >= 11 is 0. The number of hydrogen-bond donors (Lipinski definition) is 2. The average Bonchev–Trinajstić information content (AvgIpc) is 2.83. The van der Waals surface area contributed by atoms with Gasteiger partial charge in [-0.1, -0.05) is 0 Å². The van der Waals surface area contributed by atoms with Gasteiger partial charge in [-0.2, -0.15) is 36.5 Å². The van der Waals surface area contributed by atoms with Crippen LogP contribution in [0.3, 0.4) is 0 Å². The molecule has 2 aromatic rings. The van der Waals surface area contributed by atoms with Gasteiger partial charge in [-0.3, -0.25) is 10.2 Å². The summed E-state index contributed by atoms with van der Waals surface area (Å²) < 4.78 is 75.4. The molecule has 0 atom stereocenters. The minimum atomic E-state index is -5.00. The molecule has 0 spiro atoms. The van der Waals surface area contributed by atoms with E-state index in [1.54, 1.807) is 0 Å². The molecule has 10 heteroatoms. The number of hydrogen-bond acceptors (Lipinski definition) is 2. The molecule has 0 aliphatic heterocycles. The molecule has 0 aliphatic rings. The molecule has 2 aromatic heterocycles. The molecule has 0 saturated carbocycles. The Morgan fingerprint density at radius 3 is 2.06 bits per heavy atom. The van der Waals surface area contributed by atoms with Gasteiger partial charge in [0, 0.05) is 6.20 Å². The summed E-state index contributed by atoms with van der Waals surface area (Å²) in [7, 11) is 0. The fraction of sp³-hybridized carbons (Fsp3) is 0.250. The van der Waals surface area contributed by atoms with Crippen LogP contribution in [-0.2, 0) is 12.4 Å². The van der Waals surface area contributed by atoms with Gasteiger partial charge in [-0.15, -0.1) is 0 Å². The summed E-state index contributed by atoms with van der Waals surface area (Å²) in [6.07, 6.45) is -8.93. The molecular weight excluding hydrogens is 266 g/mol. The number of aromatic amines is 2. The van der Waals surface area contributed by atoms with Crippen molar-refractivity contribution in [1.82, 2.24) is 20.4 Å². The third kappa shape index (κ3) is 2.05. The minimum absolute atomic E-state index is 0.414. The Morgan fingerprint density at radius 2 is 1.61 bits per heavy atom. The summed E-state index contributed by atoms with van der Waals surface area (Å²) in [5, 5.41) is 9.44. The highest BCUT2D eigenvalue weighted by molar-refractivity contribution is 5.66. The van der Waals surface area contributed by atoms with E-state index in [0.717, 1.165) is 12.3 Å². The van der Waals surface area contributed by atoms with Gasteiger partial charge in [0.15, 0.2) is 5.69 Å². The van der Waals surface area contributed by atoms with Crippen LogP contribution in [-0.4, -0.2) is 20.4 Å². The van der Waals surface area contributed by atoms with Crippen LogP contribution < -0.4 is 0 Å². The molecular formula is C8H4F6N4. The monoisotopic (exact) mass is 270 g/mol. The summed E-state index contributed by atoms with van der Waals surface area (Å²) in [5.41, 5.74) is -4.71. The van der Waals surface area contributed by atoms with Crippen LogP contribution in [0.5, 0.6) is 0 Å². The second-order valence-corrected chi connectivity index (χ2v) is 3.29. The Labute approximate surface area is 95.0 Å². The summed E-state index contributed by atoms with van der Waals surface area (Å²) in [6, 6.07) is 0.995. The van der Waals surface area contributed by atoms with E-state index in [2.05, 4.69) is 15.3 Å². The minimum Gasteiger partial charge on any atom is -0.278 e. The van der Waals surface area contributed by atoms with E-state index in [1.807, 2.05) is 0 Å². The van der Waals surface area contributed by atoms with Crippen molar-refractivity contribution >= 4 is 0 Å². The third-order valence-electron chi connectivity index (χ3n) is 2.09. The lowest BCUT2D eigenvalue weighted by Gasteiger charge is -2.08. The lowest BCUT2D eigenvalue weighted by molar-refractivity contribution is -0.142. The van der Waals surface area contributed by atoms with Crippen molar-refractivity contribution < 1.29 is 26.3 Å². The predicted octanol–water partition coefficient (Wildman–Crippen LogP) is 2.84. The molecule has 0 amide bonds. The molecule has 2 heterocycles. The molecule has 0 bridgehead atoms. The number of halogens is 6. The van der Waals surface area contributed by atoms with Crippen LogP contribution >= 0.6 is 0 Å². The maximum Gasteiger partial charge on any atom is 0.435 e. The van der Waals surface area contributed by atoms with Crippen molar-refractivity contribution in [1.29, 1.82) is 0 Å². The first-order valence-corrected chi connectivity index (χ1v) is 4.43. The smallest absolute Gasteiger partial charge is 0.278 e. The topological polar surface area (TPSA) is 57.4 Å². The predicted molar refractivity (Wildman–Crippen MR) is 46.2 cm³/mol. The van der Waals surface area contributed by atoms with E-state index in [4.69, 9.17) is 0 Å². The highest BCUT2D eigenvalue weighted by atomic mass is 19.4. The third-order valence-corrected chi connectivity index (χ3v) is 2.09. The molecule has 0 aromatic carbocycles. The number of nitrogens with zero attached hydrogens (tertiary/aromatic N) is 2. The molecule has 18 heavy (non-hydrogen) atoms. The summed E-state index contributed by atoms with van der Waals surface area (Å²) in [4.78, 5) is 0. The van der Waals surface area contributed by atoms with Crippen molar-refractivity contribution in [2.24, 2.45) is 0 Å². The SMILES string of the molecule is FC(F)(F)c1n[nH]c(C(F)(F)F)c1-c1ccn[nH]1. The number of nitrogens with one attached hydrogen (secondary N) is 2. The molecule has 98 valence electrons. The quantitative estimate of drug-likeness (QED) is 0.783. The largest absolute Gasteiger partial charge is 0.435 e. The fourth-order valence-corrected chi connectivity index (χ4v) is 1.41. The Kier molecular flexibility index (Phi) is 2.60. The first kappa shape index (κ1) is 12.5. The highest BCUT2D eigenvalue weighted by Gasteiger charge is 2.45. The zero-order valence-electron chi connectivity index (χ0n) is 8.32. The Morgan fingerprint density at radius 1 is 0.944 bits per heavy atom. The second-order valence-electron chi connectivity index (χ2n) is 3.29. The number of aromatic nitrogens is 4. The highest BCUT2D eigenvalue weighted by Crippen LogP contribution is 2.42. The zero-order valence-corrected chi connectivity index (χ0v) is 8.32. The second kappa shape index (κ2) is 3.75. The van der Waals surface area contributed by atoms with Gasteiger partial charge in [-0.05, 0) is 6.07 Å². The molecule has 0 radical (unpaired) electrons. The van der Waals surface area contributed by atoms with Crippen LogP contribution in [0.25, 0.3) is 11.3 Å². The van der Waals surface area contributed by atoms with Crippen LogP contribution in [0.4, 0.5) is 26.3 Å². The fourth-order valence-electron chi connectivity index (χ4n) is 1.41. The van der Waals surface area contributed by atoms with Crippen molar-refractivity contribution in [2.75, 3.05) is 0 Å². The van der Waals surface area contributed by atoms with E-state index in [-0.39, 0.29) is 0 Å². The van der Waals surface area contributed by atoms with Gasteiger partial charge in [0.05, 0.1) is 11.3 Å². The normalized spacial score (nSPS) is 13.0. The van der Waals surface area contributed by atoms with E-state index in [1.165, 1.54) is 5.10 Å². The number of alkyl halides is 6. The van der Waals surface area contributed by atoms with Gasteiger partial charge in [0.25, 0.3) is 0 Å². The van der Waals surface area contributed by atoms with Crippen molar-refractivity contribution in [3.05, 3.63) is 23.7 Å². The molecule has 0 unspecified atom stereocenters. The summed E-state index contributed by atoms with van der Waals surface area (Å²) in [6.45, 7) is 0. The van der Waals surface area contributed by atoms with Gasteiger partial charge in [0.1, 0.15) is 5.69 Å². The molecule has 2 N–H and O–H groups in total. The number of H-pyrrole nitrogens is 2. The van der Waals surface area contributed by atoms with E-state index in [9.17, 15) is 26.3 Å². The van der Waals surface area contributed by atoms with Gasteiger partial charge >= 0.3 is 12.4 Å². The van der Waals surface area contributed by atoms with Gasteiger partial charge in [0.2, 0.25) is 0 Å².